The maximum Gasteiger partial charge on any atom is 0.325 e. The van der Waals surface area contributed by atoms with Gasteiger partial charge in [0.15, 0.2) is 18.2 Å². The molecule has 2 aliphatic heterocycles. The van der Waals surface area contributed by atoms with Gasteiger partial charge in [-0.25, -0.2) is 9.79 Å². The quantitative estimate of drug-likeness (QED) is 0.603. The molecule has 2 rings (SSSR count). The van der Waals surface area contributed by atoms with E-state index in [-0.39, 0.29) is 11.9 Å². The Morgan fingerprint density at radius 2 is 2.24 bits per heavy atom. The lowest BCUT2D eigenvalue weighted by atomic mass is 10.1. The van der Waals surface area contributed by atoms with Crippen molar-refractivity contribution >= 4 is 17.9 Å². The predicted molar refractivity (Wildman–Crippen MR) is 59.1 cm³/mol. The third-order valence-electron chi connectivity index (χ3n) is 2.93. The third kappa shape index (κ3) is 1.80. The first-order valence-corrected chi connectivity index (χ1v) is 5.22. The molecule has 0 spiro atoms. The van der Waals surface area contributed by atoms with Gasteiger partial charge in [0.25, 0.3) is 5.91 Å². The first-order chi connectivity index (χ1) is 8.06. The lowest BCUT2D eigenvalue weighted by molar-refractivity contribution is -0.127. The number of fused-ring (bicyclic) bond motifs is 1. The summed E-state index contributed by atoms with van der Waals surface area (Å²) < 4.78 is 4.95. The second-order valence-corrected chi connectivity index (χ2v) is 3.94. The maximum atomic E-state index is 11.8. The summed E-state index contributed by atoms with van der Waals surface area (Å²) in [6.07, 6.45) is -0.548. The number of imide groups is 1. The molecule has 0 aromatic carbocycles. The Hall–Kier alpha value is -1.83. The minimum atomic E-state index is -0.562. The van der Waals surface area contributed by atoms with Gasteiger partial charge in [0.1, 0.15) is 0 Å². The second-order valence-electron chi connectivity index (χ2n) is 3.94. The Labute approximate surface area is 98.4 Å². The number of nitrogens with zero attached hydrogens (tertiary/aromatic N) is 3. The molecule has 0 aromatic heterocycles. The van der Waals surface area contributed by atoms with E-state index in [1.54, 1.807) is 19.1 Å². The van der Waals surface area contributed by atoms with Crippen molar-refractivity contribution in [2.24, 2.45) is 10.7 Å². The van der Waals surface area contributed by atoms with Crippen LogP contribution in [0.15, 0.2) is 4.99 Å². The molecule has 2 aliphatic rings. The van der Waals surface area contributed by atoms with Gasteiger partial charge in [-0.1, -0.05) is 0 Å². The number of amides is 3. The molecule has 1 fully saturated rings. The highest BCUT2D eigenvalue weighted by molar-refractivity contribution is 6.03. The molecule has 0 aromatic rings. The summed E-state index contributed by atoms with van der Waals surface area (Å²) in [6.45, 7) is 0.896. The van der Waals surface area contributed by atoms with Crippen molar-refractivity contribution in [3.8, 4) is 0 Å². The zero-order valence-corrected chi connectivity index (χ0v) is 9.71. The molecular weight excluding hydrogens is 226 g/mol. The van der Waals surface area contributed by atoms with Crippen molar-refractivity contribution in [1.29, 1.82) is 0 Å². The van der Waals surface area contributed by atoms with E-state index in [4.69, 9.17) is 10.5 Å². The number of hydrogen-bond acceptors (Lipinski definition) is 6. The average Bonchev–Trinajstić information content (AvgIpc) is 2.61. The van der Waals surface area contributed by atoms with Gasteiger partial charge in [0.2, 0.25) is 0 Å². The highest BCUT2D eigenvalue weighted by Crippen LogP contribution is 2.21. The maximum absolute atomic E-state index is 11.8. The Balaban J connectivity index is 2.20. The summed E-state index contributed by atoms with van der Waals surface area (Å²) >= 11 is 0. The van der Waals surface area contributed by atoms with Crippen molar-refractivity contribution in [2.45, 2.75) is 12.2 Å². The molecule has 3 amide bonds. The summed E-state index contributed by atoms with van der Waals surface area (Å²) in [5.41, 5.74) is 5.75. The summed E-state index contributed by atoms with van der Waals surface area (Å²) in [7, 11) is 3.15. The van der Waals surface area contributed by atoms with Crippen molar-refractivity contribution in [3.63, 3.8) is 0 Å². The van der Waals surface area contributed by atoms with Crippen LogP contribution in [0.5, 0.6) is 0 Å². The van der Waals surface area contributed by atoms with Crippen LogP contribution in [-0.4, -0.2) is 67.2 Å². The first-order valence-electron chi connectivity index (χ1n) is 5.22. The van der Waals surface area contributed by atoms with Crippen LogP contribution in [0, 0.1) is 0 Å². The molecule has 94 valence electrons. The van der Waals surface area contributed by atoms with Crippen LogP contribution in [0.2, 0.25) is 0 Å². The van der Waals surface area contributed by atoms with Gasteiger partial charge in [-0.3, -0.25) is 10.1 Å². The Morgan fingerprint density at radius 3 is 2.88 bits per heavy atom. The van der Waals surface area contributed by atoms with Crippen molar-refractivity contribution in [2.75, 3.05) is 27.3 Å². The molecule has 3 N–H and O–H groups in total. The van der Waals surface area contributed by atoms with E-state index in [0.29, 0.717) is 13.2 Å². The van der Waals surface area contributed by atoms with Crippen LogP contribution in [0.3, 0.4) is 0 Å². The number of likely N-dealkylation sites (N-methyl/N-ethyl adjacent to an activating group) is 1. The van der Waals surface area contributed by atoms with Gasteiger partial charge < -0.3 is 20.3 Å². The van der Waals surface area contributed by atoms with Crippen LogP contribution >= 0.6 is 0 Å². The fraction of sp³-hybridized carbons (Fsp3) is 0.667. The molecule has 2 heterocycles. The number of hydrogen-bond donors (Lipinski definition) is 2. The van der Waals surface area contributed by atoms with Crippen molar-refractivity contribution in [1.82, 2.24) is 15.1 Å². The lowest BCUT2D eigenvalue weighted by Gasteiger charge is -2.35. The fourth-order valence-corrected chi connectivity index (χ4v) is 1.99. The Bertz CT molecular complexity index is 383. The minimum absolute atomic E-state index is 0.258. The van der Waals surface area contributed by atoms with Crippen LogP contribution < -0.4 is 11.1 Å². The summed E-state index contributed by atoms with van der Waals surface area (Å²) in [5.74, 6) is -0.118. The number of carbonyl (C=O) groups excluding carboxylic acids is 2. The van der Waals surface area contributed by atoms with Gasteiger partial charge in [-0.15, -0.1) is 0 Å². The summed E-state index contributed by atoms with van der Waals surface area (Å²) in [5, 5.41) is 2.26. The molecule has 1 saturated heterocycles. The summed E-state index contributed by atoms with van der Waals surface area (Å²) in [4.78, 5) is 30.3. The van der Waals surface area contributed by atoms with E-state index < -0.39 is 18.2 Å². The number of guanidine groups is 1. The molecule has 0 saturated carbocycles. The number of nitrogens with two attached hydrogens (primary N) is 1. The Kier molecular flexibility index (Phi) is 2.88. The van der Waals surface area contributed by atoms with Crippen LogP contribution in [0.4, 0.5) is 4.79 Å². The number of urea groups is 1. The molecule has 0 bridgehead atoms. The standard InChI is InChI=1S/C9H15N5O3/c1-13-6-5(7(15)12-9(13)16)14(3-4-17-2)8(10)11-6/h5-6H,3-4H2,1-2H3,(H2,10,11)(H,12,15,16). The van der Waals surface area contributed by atoms with E-state index >= 15 is 0 Å². The smallest absolute Gasteiger partial charge is 0.325 e. The molecule has 0 aliphatic carbocycles. The minimum Gasteiger partial charge on any atom is -0.383 e. The number of ether oxygens (including phenoxy) is 1. The lowest BCUT2D eigenvalue weighted by Crippen LogP contribution is -2.64. The second kappa shape index (κ2) is 4.21. The van der Waals surface area contributed by atoms with E-state index in [1.165, 1.54) is 4.90 Å². The number of rotatable bonds is 3. The number of methoxy groups -OCH3 is 1. The predicted octanol–water partition coefficient (Wildman–Crippen LogP) is -1.86. The van der Waals surface area contributed by atoms with E-state index in [0.717, 1.165) is 0 Å². The monoisotopic (exact) mass is 241 g/mol. The third-order valence-corrected chi connectivity index (χ3v) is 2.93. The zero-order valence-electron chi connectivity index (χ0n) is 9.71. The number of aliphatic imine (C=N–C) groups is 1. The largest absolute Gasteiger partial charge is 0.383 e. The highest BCUT2D eigenvalue weighted by Gasteiger charge is 2.47. The molecule has 17 heavy (non-hydrogen) atoms. The van der Waals surface area contributed by atoms with Crippen molar-refractivity contribution in [3.05, 3.63) is 0 Å². The van der Waals surface area contributed by atoms with Gasteiger partial charge >= 0.3 is 6.03 Å². The van der Waals surface area contributed by atoms with Gasteiger partial charge in [-0.2, -0.15) is 0 Å². The number of carbonyl (C=O) groups is 2. The van der Waals surface area contributed by atoms with E-state index in [2.05, 4.69) is 10.3 Å². The van der Waals surface area contributed by atoms with Gasteiger partial charge in [0.05, 0.1) is 6.61 Å². The first kappa shape index (κ1) is 11.6. The molecular formula is C9H15N5O3. The number of nitrogens with one attached hydrogen (secondary N) is 1. The fourth-order valence-electron chi connectivity index (χ4n) is 1.99. The molecule has 8 heteroatoms. The molecule has 0 radical (unpaired) electrons. The topological polar surface area (TPSA) is 100 Å². The zero-order chi connectivity index (χ0) is 12.6. The van der Waals surface area contributed by atoms with Gasteiger partial charge in [-0.05, 0) is 0 Å². The van der Waals surface area contributed by atoms with Crippen LogP contribution in [0.1, 0.15) is 0 Å². The molecule has 2 unspecified atom stereocenters. The van der Waals surface area contributed by atoms with E-state index in [1.807, 2.05) is 0 Å². The summed E-state index contributed by atoms with van der Waals surface area (Å²) in [6, 6.07) is -1.02. The highest BCUT2D eigenvalue weighted by atomic mass is 16.5. The van der Waals surface area contributed by atoms with Crippen molar-refractivity contribution < 1.29 is 14.3 Å². The molecule has 2 atom stereocenters. The van der Waals surface area contributed by atoms with Crippen LogP contribution in [-0.2, 0) is 9.53 Å². The SMILES string of the molecule is COCCN1C(N)=NC2C1C(=O)NC(=O)N2C. The normalized spacial score (nSPS) is 28.0. The van der Waals surface area contributed by atoms with Gasteiger partial charge in [0, 0.05) is 20.7 Å². The average molecular weight is 241 g/mol. The molecule has 8 nitrogen and oxygen atoms in total. The van der Waals surface area contributed by atoms with E-state index in [9.17, 15) is 9.59 Å². The Morgan fingerprint density at radius 1 is 1.53 bits per heavy atom. The van der Waals surface area contributed by atoms with Crippen LogP contribution in [0.25, 0.3) is 0 Å².